The molecule has 0 fully saturated rings. The van der Waals surface area contributed by atoms with Gasteiger partial charge in [0, 0.05) is 19.3 Å². The van der Waals surface area contributed by atoms with E-state index in [-0.39, 0.29) is 25.2 Å². The minimum Gasteiger partial charge on any atom is -0.462 e. The van der Waals surface area contributed by atoms with Gasteiger partial charge < -0.3 is 24.6 Å². The molecule has 0 heterocycles. The Hall–Kier alpha value is -1.88. The third-order valence-corrected chi connectivity index (χ3v) is 10.1. The highest BCUT2D eigenvalue weighted by Crippen LogP contribution is 2.43. The number of aliphatic hydroxyl groups is 2. The fourth-order valence-electron chi connectivity index (χ4n) is 5.48. The predicted molar refractivity (Wildman–Crippen MR) is 210 cm³/mol. The van der Waals surface area contributed by atoms with Crippen molar-refractivity contribution in [3.63, 3.8) is 0 Å². The third kappa shape index (κ3) is 35.6. The topological polar surface area (TPSA) is 166 Å². The summed E-state index contributed by atoms with van der Waals surface area (Å²) in [5.74, 6) is 0.0128. The normalized spacial score (nSPS) is 14.7. The third-order valence-electron chi connectivity index (χ3n) is 9.13. The van der Waals surface area contributed by atoms with Gasteiger partial charge in [0.25, 0.3) is 0 Å². The highest BCUT2D eigenvalue weighted by molar-refractivity contribution is 7.47. The van der Waals surface area contributed by atoms with Crippen LogP contribution in [-0.2, 0) is 37.5 Å². The van der Waals surface area contributed by atoms with E-state index in [0.717, 1.165) is 76.5 Å². The Balaban J connectivity index is 4.39. The molecular weight excluding hydrogens is 699 g/mol. The van der Waals surface area contributed by atoms with Crippen molar-refractivity contribution in [1.82, 2.24) is 0 Å². The van der Waals surface area contributed by atoms with Crippen molar-refractivity contribution in [1.29, 1.82) is 0 Å². The summed E-state index contributed by atoms with van der Waals surface area (Å²) in [6.45, 7) is 4.50. The first-order valence-electron chi connectivity index (χ1n) is 20.6. The number of aliphatic hydroxyl groups excluding tert-OH is 2. The summed E-state index contributed by atoms with van der Waals surface area (Å²) in [6, 6.07) is 0. The molecular formula is C41H75O11P. The number of esters is 2. The van der Waals surface area contributed by atoms with E-state index < -0.39 is 51.8 Å². The SMILES string of the molecule is CCCCCC(=O)/C=C/C=C\CCCCCCCC(=O)OC[C@H](COP(=O)(O)OC[C@@H](O)CO)OC(=O)CCCCCCCCCCCCC(C)CC. The molecule has 0 aromatic rings. The second kappa shape index (κ2) is 35.8. The lowest BCUT2D eigenvalue weighted by molar-refractivity contribution is -0.161. The molecule has 0 spiro atoms. The molecule has 0 radical (unpaired) electrons. The summed E-state index contributed by atoms with van der Waals surface area (Å²) in [4.78, 5) is 46.6. The van der Waals surface area contributed by atoms with E-state index >= 15 is 0 Å². The molecule has 12 heteroatoms. The van der Waals surface area contributed by atoms with Crippen LogP contribution in [0.3, 0.4) is 0 Å². The van der Waals surface area contributed by atoms with Gasteiger partial charge in [-0.15, -0.1) is 0 Å². The first-order chi connectivity index (χ1) is 25.5. The Morgan fingerprint density at radius 2 is 1.23 bits per heavy atom. The molecule has 0 amide bonds. The average Bonchev–Trinajstić information content (AvgIpc) is 3.14. The van der Waals surface area contributed by atoms with Gasteiger partial charge in [0.2, 0.25) is 0 Å². The lowest BCUT2D eigenvalue weighted by atomic mass is 9.99. The number of ketones is 1. The molecule has 0 saturated carbocycles. The molecule has 4 atom stereocenters. The van der Waals surface area contributed by atoms with E-state index in [4.69, 9.17) is 19.1 Å². The van der Waals surface area contributed by atoms with E-state index in [1.165, 1.54) is 51.4 Å². The Morgan fingerprint density at radius 1 is 0.679 bits per heavy atom. The van der Waals surface area contributed by atoms with Gasteiger partial charge in [0.05, 0.1) is 19.8 Å². The number of allylic oxidation sites excluding steroid dienone is 4. The van der Waals surface area contributed by atoms with Crippen LogP contribution in [0.5, 0.6) is 0 Å². The van der Waals surface area contributed by atoms with Crippen molar-refractivity contribution < 1.29 is 52.6 Å². The van der Waals surface area contributed by atoms with Crippen molar-refractivity contribution in [2.45, 2.75) is 187 Å². The molecule has 2 unspecified atom stereocenters. The lowest BCUT2D eigenvalue weighted by Crippen LogP contribution is -2.29. The number of phosphoric ester groups is 1. The van der Waals surface area contributed by atoms with Gasteiger partial charge in [-0.05, 0) is 44.1 Å². The molecule has 0 aliphatic heterocycles. The zero-order chi connectivity index (χ0) is 39.4. The number of hydrogen-bond donors (Lipinski definition) is 3. The monoisotopic (exact) mass is 775 g/mol. The number of carbonyl (C=O) groups is 3. The summed E-state index contributed by atoms with van der Waals surface area (Å²) >= 11 is 0. The maximum Gasteiger partial charge on any atom is 0.472 e. The van der Waals surface area contributed by atoms with Crippen molar-refractivity contribution in [2.75, 3.05) is 26.4 Å². The number of hydrogen-bond acceptors (Lipinski definition) is 10. The zero-order valence-corrected chi connectivity index (χ0v) is 34.3. The smallest absolute Gasteiger partial charge is 0.462 e. The van der Waals surface area contributed by atoms with Gasteiger partial charge in [-0.1, -0.05) is 142 Å². The molecule has 0 aliphatic carbocycles. The average molecular weight is 775 g/mol. The van der Waals surface area contributed by atoms with Gasteiger partial charge in [-0.25, -0.2) is 4.57 Å². The quantitative estimate of drug-likeness (QED) is 0.0180. The maximum atomic E-state index is 12.6. The number of phosphoric acid groups is 1. The minimum absolute atomic E-state index is 0.166. The second-order valence-electron chi connectivity index (χ2n) is 14.3. The number of rotatable bonds is 38. The highest BCUT2D eigenvalue weighted by Gasteiger charge is 2.27. The van der Waals surface area contributed by atoms with Crippen LogP contribution in [0.2, 0.25) is 0 Å². The predicted octanol–water partition coefficient (Wildman–Crippen LogP) is 9.65. The van der Waals surface area contributed by atoms with Gasteiger partial charge in [0.1, 0.15) is 12.7 Å². The van der Waals surface area contributed by atoms with Crippen LogP contribution >= 0.6 is 7.82 Å². The van der Waals surface area contributed by atoms with E-state index in [9.17, 15) is 28.9 Å². The number of carbonyl (C=O) groups excluding carboxylic acids is 3. The van der Waals surface area contributed by atoms with Crippen LogP contribution in [0.25, 0.3) is 0 Å². The Morgan fingerprint density at radius 3 is 1.83 bits per heavy atom. The van der Waals surface area contributed by atoms with Gasteiger partial charge in [0.15, 0.2) is 11.9 Å². The van der Waals surface area contributed by atoms with Gasteiger partial charge in [-0.2, -0.15) is 0 Å². The van der Waals surface area contributed by atoms with Crippen LogP contribution in [-0.4, -0.2) is 71.5 Å². The first-order valence-corrected chi connectivity index (χ1v) is 22.1. The summed E-state index contributed by atoms with van der Waals surface area (Å²) in [5.41, 5.74) is 0. The fourth-order valence-corrected chi connectivity index (χ4v) is 6.27. The maximum absolute atomic E-state index is 12.6. The fraction of sp³-hybridized carbons (Fsp3) is 0.829. The van der Waals surface area contributed by atoms with E-state index in [1.54, 1.807) is 12.2 Å². The Kier molecular flexibility index (Phi) is 34.5. The van der Waals surface area contributed by atoms with Gasteiger partial charge >= 0.3 is 19.8 Å². The van der Waals surface area contributed by atoms with Crippen LogP contribution in [0.1, 0.15) is 175 Å². The summed E-state index contributed by atoms with van der Waals surface area (Å²) in [5, 5.41) is 18.3. The van der Waals surface area contributed by atoms with E-state index in [0.29, 0.717) is 19.3 Å². The lowest BCUT2D eigenvalue weighted by Gasteiger charge is -2.20. The summed E-state index contributed by atoms with van der Waals surface area (Å²) in [7, 11) is -4.63. The molecule has 0 aromatic carbocycles. The standard InChI is InChI=1S/C41H75O11P/c1-4-6-22-28-37(43)29-24-19-15-11-9-13-16-20-25-30-40(45)49-34-39(35-51-53(47,48)50-33-38(44)32-42)52-41(46)31-26-21-17-12-8-7-10-14-18-23-27-36(3)5-2/h15,19,24,29,36,38-39,42,44H,4-14,16-18,20-23,25-28,30-35H2,1-3H3,(H,47,48)/b19-15-,29-24+/t36?,38-,39+/m0/s1. The first kappa shape index (κ1) is 51.1. The summed E-state index contributed by atoms with van der Waals surface area (Å²) < 4.78 is 32.6. The molecule has 0 bridgehead atoms. The van der Waals surface area contributed by atoms with Crippen LogP contribution < -0.4 is 0 Å². The zero-order valence-electron chi connectivity index (χ0n) is 33.4. The molecule has 3 N–H and O–H groups in total. The molecule has 11 nitrogen and oxygen atoms in total. The largest absolute Gasteiger partial charge is 0.472 e. The molecule has 0 aromatic heterocycles. The highest BCUT2D eigenvalue weighted by atomic mass is 31.2. The number of unbranched alkanes of at least 4 members (excludes halogenated alkanes) is 16. The molecule has 0 rings (SSSR count). The van der Waals surface area contributed by atoms with Crippen LogP contribution in [0.15, 0.2) is 24.3 Å². The Bertz CT molecular complexity index is 1020. The summed E-state index contributed by atoms with van der Waals surface area (Å²) in [6.07, 6.45) is 28.4. The Labute approximate surface area is 321 Å². The van der Waals surface area contributed by atoms with E-state index in [2.05, 4.69) is 31.4 Å². The second-order valence-corrected chi connectivity index (χ2v) is 15.7. The van der Waals surface area contributed by atoms with Gasteiger partial charge in [-0.3, -0.25) is 23.4 Å². The molecule has 0 saturated heterocycles. The van der Waals surface area contributed by atoms with Crippen LogP contribution in [0.4, 0.5) is 0 Å². The van der Waals surface area contributed by atoms with Crippen LogP contribution in [0, 0.1) is 5.92 Å². The molecule has 310 valence electrons. The molecule has 0 aliphatic rings. The van der Waals surface area contributed by atoms with Crippen molar-refractivity contribution in [3.8, 4) is 0 Å². The minimum atomic E-state index is -4.63. The molecule has 53 heavy (non-hydrogen) atoms. The van der Waals surface area contributed by atoms with Crippen molar-refractivity contribution >= 4 is 25.5 Å². The number of ether oxygens (including phenoxy) is 2. The van der Waals surface area contributed by atoms with Crippen molar-refractivity contribution in [3.05, 3.63) is 24.3 Å². The van der Waals surface area contributed by atoms with Crippen molar-refractivity contribution in [2.24, 2.45) is 5.92 Å². The van der Waals surface area contributed by atoms with E-state index in [1.807, 2.05) is 6.08 Å².